The van der Waals surface area contributed by atoms with Gasteiger partial charge in [-0.25, -0.2) is 0 Å². The van der Waals surface area contributed by atoms with Crippen LogP contribution in [0.1, 0.15) is 61.3 Å². The third-order valence-corrected chi connectivity index (χ3v) is 10.5. The number of Topliss-reactive ketones (excluding diaryl/α,β-unsaturated/α-hetero) is 3. The average Bonchev–Trinajstić information content (AvgIpc) is 3.18. The molecule has 0 aromatic carbocycles. The molecule has 0 bridgehead atoms. The molecule has 2 aliphatic heterocycles. The lowest BCUT2D eigenvalue weighted by Gasteiger charge is -2.37. The number of piperidine rings is 2. The Hall–Kier alpha value is -4.05. The van der Waals surface area contributed by atoms with Crippen molar-refractivity contribution in [1.82, 2.24) is 39.6 Å². The number of nitrogens with zero attached hydrogens (tertiary/aromatic N) is 7. The zero-order valence-electron chi connectivity index (χ0n) is 42.1. The smallest absolute Gasteiger partial charge is 0.317 e. The minimum atomic E-state index is -1.10. The molecule has 402 valence electrons. The molecule has 70 heavy (non-hydrogen) atoms. The van der Waals surface area contributed by atoms with E-state index in [1.807, 2.05) is 37.5 Å². The number of likely N-dealkylation sites (N-methyl/N-ethyl adjacent to an activating group) is 1. The largest absolute Gasteiger partial charge is 0.480 e. The molecule has 2 rings (SSSR count). The summed E-state index contributed by atoms with van der Waals surface area (Å²) in [6.07, 6.45) is 0.425. The summed E-state index contributed by atoms with van der Waals surface area (Å²) in [6.45, 7) is 24.2. The van der Waals surface area contributed by atoms with E-state index >= 15 is 0 Å². The van der Waals surface area contributed by atoms with Gasteiger partial charge in [0.05, 0.1) is 58.8 Å². The van der Waals surface area contributed by atoms with Crippen LogP contribution in [-0.4, -0.2) is 273 Å². The van der Waals surface area contributed by atoms with Gasteiger partial charge in [0.15, 0.2) is 17.3 Å². The Bertz CT molecular complexity index is 1650. The zero-order valence-corrected chi connectivity index (χ0v) is 43.9. The number of carbonyl (C=O) groups is 9. The van der Waals surface area contributed by atoms with Crippen LogP contribution in [0.15, 0.2) is 12.2 Å². The minimum absolute atomic E-state index is 0.00220. The first-order valence-electron chi connectivity index (χ1n) is 22.9. The third kappa shape index (κ3) is 36.8. The summed E-state index contributed by atoms with van der Waals surface area (Å²) in [5.74, 6) is -4.90. The van der Waals surface area contributed by atoms with Crippen LogP contribution in [0.3, 0.4) is 0 Å². The van der Waals surface area contributed by atoms with Crippen molar-refractivity contribution in [2.45, 2.75) is 76.3 Å². The standard InChI is InChI=1S/C17H25N3O5.C14H25N3O8.C14H30N2O2S2/c1-13-6-14(21)9-19(8-13)4-2-18(12-17(24)25)3-5-20-10-15(22)7-16(23)11-20;1-2-15(7-12(19)20)3-4-16(8-13(21)22)5-6-17(9-14(23)24)10-25-11-18;1-12(2,15-8-13(3,4)19)9-16(7-11(17)18)10-14(5,6)20/h1-12H2,(H,24,25);11H,2-10H2,1H3,(H,19,20)(H,21,22)(H,23,24);15,19-20H,7-10H2,1-6H3,(H,17,18). The monoisotopic (exact) mass is 1040 g/mol. The molecular formula is C45H80N8O15S2. The van der Waals surface area contributed by atoms with Crippen LogP contribution in [0, 0.1) is 0 Å². The van der Waals surface area contributed by atoms with Crippen LogP contribution >= 0.6 is 25.3 Å². The van der Waals surface area contributed by atoms with Crippen molar-refractivity contribution in [3.8, 4) is 0 Å². The molecule has 2 fully saturated rings. The predicted octanol–water partition coefficient (Wildman–Crippen LogP) is -0.497. The van der Waals surface area contributed by atoms with Gasteiger partial charge in [0.2, 0.25) is 0 Å². The summed E-state index contributed by atoms with van der Waals surface area (Å²) in [5.41, 5.74) is 0.695. The summed E-state index contributed by atoms with van der Waals surface area (Å²) in [6, 6.07) is 0. The Balaban J connectivity index is 0.00000103. The van der Waals surface area contributed by atoms with Crippen molar-refractivity contribution < 1.29 is 73.4 Å². The van der Waals surface area contributed by atoms with E-state index < -0.39 is 29.8 Å². The molecular weight excluding hydrogens is 957 g/mol. The van der Waals surface area contributed by atoms with Gasteiger partial charge in [-0.05, 0) is 48.1 Å². The van der Waals surface area contributed by atoms with E-state index in [1.165, 1.54) is 4.90 Å². The van der Waals surface area contributed by atoms with E-state index in [-0.39, 0.29) is 111 Å². The second kappa shape index (κ2) is 33.6. The fourth-order valence-corrected chi connectivity index (χ4v) is 7.58. The lowest BCUT2D eigenvalue weighted by Crippen LogP contribution is -2.54. The summed E-state index contributed by atoms with van der Waals surface area (Å²) in [7, 11) is 0. The fraction of sp³-hybridized carbons (Fsp3) is 0.756. The van der Waals surface area contributed by atoms with Crippen LogP contribution in [-0.2, 0) is 47.9 Å². The van der Waals surface area contributed by atoms with Gasteiger partial charge >= 0.3 is 29.8 Å². The van der Waals surface area contributed by atoms with Gasteiger partial charge in [-0.3, -0.25) is 77.5 Å². The van der Waals surface area contributed by atoms with Gasteiger partial charge in [-0.15, -0.1) is 0 Å². The summed E-state index contributed by atoms with van der Waals surface area (Å²) in [4.78, 5) is 111. The number of hydrogen-bond donors (Lipinski definition) is 8. The molecule has 0 aliphatic carbocycles. The number of aliphatic carboxylic acids is 5. The van der Waals surface area contributed by atoms with Crippen molar-refractivity contribution in [3.05, 3.63) is 12.2 Å². The van der Waals surface area contributed by atoms with E-state index in [0.717, 1.165) is 12.1 Å². The van der Waals surface area contributed by atoms with E-state index in [2.05, 4.69) is 55.7 Å². The Morgan fingerprint density at radius 3 is 1.40 bits per heavy atom. The molecule has 2 aliphatic rings. The fourth-order valence-electron chi connectivity index (χ4n) is 7.30. The number of carboxylic acids is 5. The number of hydrogen-bond acceptors (Lipinski definition) is 20. The van der Waals surface area contributed by atoms with E-state index in [1.54, 1.807) is 26.5 Å². The summed E-state index contributed by atoms with van der Waals surface area (Å²) in [5, 5.41) is 48.2. The van der Waals surface area contributed by atoms with Gasteiger partial charge in [-0.2, -0.15) is 25.3 Å². The van der Waals surface area contributed by atoms with Crippen LogP contribution in [0.5, 0.6) is 0 Å². The van der Waals surface area contributed by atoms with E-state index in [4.69, 9.17) is 25.5 Å². The summed E-state index contributed by atoms with van der Waals surface area (Å²) >= 11 is 9.00. The van der Waals surface area contributed by atoms with Crippen molar-refractivity contribution in [2.75, 3.05) is 144 Å². The van der Waals surface area contributed by atoms with E-state index in [0.29, 0.717) is 78.4 Å². The van der Waals surface area contributed by atoms with Crippen molar-refractivity contribution in [2.24, 2.45) is 0 Å². The van der Waals surface area contributed by atoms with Crippen molar-refractivity contribution in [1.29, 1.82) is 0 Å². The number of carboxylic acid groups (broad SMARTS) is 5. The van der Waals surface area contributed by atoms with Gasteiger partial charge < -0.3 is 35.6 Å². The van der Waals surface area contributed by atoms with Gasteiger partial charge in [0, 0.05) is 100.0 Å². The number of nitrogens with one attached hydrogen (secondary N) is 1. The maximum atomic E-state index is 11.6. The average molecular weight is 1040 g/mol. The normalized spacial score (nSPS) is 15.2. The maximum absolute atomic E-state index is 11.6. The minimum Gasteiger partial charge on any atom is -0.480 e. The number of ketones is 3. The van der Waals surface area contributed by atoms with Gasteiger partial charge in [0.1, 0.15) is 6.73 Å². The zero-order chi connectivity index (χ0) is 53.8. The van der Waals surface area contributed by atoms with Crippen molar-refractivity contribution >= 4 is 78.9 Å². The topological polar surface area (TPSA) is 299 Å². The Morgan fingerprint density at radius 1 is 0.600 bits per heavy atom. The molecule has 0 saturated carbocycles. The second-order valence-electron chi connectivity index (χ2n) is 19.5. The molecule has 23 nitrogen and oxygen atoms in total. The highest BCUT2D eigenvalue weighted by atomic mass is 32.1. The first-order chi connectivity index (χ1) is 32.3. The number of rotatable bonds is 33. The lowest BCUT2D eigenvalue weighted by atomic mass is 10.0. The Kier molecular flexibility index (Phi) is 31.6. The highest BCUT2D eigenvalue weighted by Gasteiger charge is 2.28. The highest BCUT2D eigenvalue weighted by Crippen LogP contribution is 2.18. The van der Waals surface area contributed by atoms with Crippen LogP contribution in [0.2, 0.25) is 0 Å². The molecule has 2 heterocycles. The molecule has 0 unspecified atom stereocenters. The lowest BCUT2D eigenvalue weighted by molar-refractivity contribution is -0.144. The molecule has 0 radical (unpaired) electrons. The Morgan fingerprint density at radius 2 is 0.986 bits per heavy atom. The highest BCUT2D eigenvalue weighted by molar-refractivity contribution is 7.82. The third-order valence-electron chi connectivity index (χ3n) is 10.2. The molecule has 2 saturated heterocycles. The second-order valence-corrected chi connectivity index (χ2v) is 21.9. The number of carbonyl (C=O) groups excluding carboxylic acids is 4. The molecule has 0 spiro atoms. The van der Waals surface area contributed by atoms with Crippen LogP contribution in [0.25, 0.3) is 0 Å². The van der Waals surface area contributed by atoms with Crippen LogP contribution < -0.4 is 5.32 Å². The molecule has 0 atom stereocenters. The van der Waals surface area contributed by atoms with Gasteiger partial charge in [-0.1, -0.05) is 19.1 Å². The molecule has 6 N–H and O–H groups in total. The number of ether oxygens (including phenoxy) is 1. The molecule has 0 aromatic rings. The molecule has 0 amide bonds. The quantitative estimate of drug-likeness (QED) is 0.0135. The van der Waals surface area contributed by atoms with E-state index in [9.17, 15) is 43.2 Å². The maximum Gasteiger partial charge on any atom is 0.317 e. The first-order valence-corrected chi connectivity index (χ1v) is 23.8. The van der Waals surface area contributed by atoms with Crippen molar-refractivity contribution in [3.63, 3.8) is 0 Å². The molecule has 0 aromatic heterocycles. The van der Waals surface area contributed by atoms with Gasteiger partial charge in [0.25, 0.3) is 6.47 Å². The predicted molar refractivity (Wildman–Crippen MR) is 268 cm³/mol. The summed E-state index contributed by atoms with van der Waals surface area (Å²) < 4.78 is 4.22. The number of likely N-dealkylation sites (tertiary alicyclic amines) is 2. The Labute approximate surface area is 423 Å². The number of thiol groups is 2. The first kappa shape index (κ1) is 66.0. The molecule has 25 heteroatoms. The van der Waals surface area contributed by atoms with Crippen LogP contribution in [0.4, 0.5) is 0 Å². The SMILES string of the molecule is C=C1CC(=O)CN(CCN(CCN2CC(=O)CC(=O)C2)CC(=O)O)C1.CC(C)(S)CNC(C)(C)CN(CC(=O)O)CC(C)(C)S.CCN(CCN(CCN(COC=O)CC(=O)O)CC(=O)O)CC(=O)O.